The highest BCUT2D eigenvalue weighted by Crippen LogP contribution is 2.12. The first-order chi connectivity index (χ1) is 10.2. The van der Waals surface area contributed by atoms with Gasteiger partial charge in [0.25, 0.3) is 5.56 Å². The molecule has 0 bridgehead atoms. The average Bonchev–Trinajstić information content (AvgIpc) is 2.52. The van der Waals surface area contributed by atoms with Gasteiger partial charge in [-0.1, -0.05) is 48.0 Å². The smallest absolute Gasteiger partial charge is 0.266 e. The van der Waals surface area contributed by atoms with Crippen LogP contribution in [-0.4, -0.2) is 19.7 Å². The fourth-order valence-corrected chi connectivity index (χ4v) is 1.99. The minimum absolute atomic E-state index is 0.260. The molecule has 0 atom stereocenters. The van der Waals surface area contributed by atoms with Gasteiger partial charge in [-0.25, -0.2) is 14.6 Å². The maximum atomic E-state index is 11.9. The molecule has 0 spiro atoms. The molecule has 3 aromatic rings. The summed E-state index contributed by atoms with van der Waals surface area (Å²) < 4.78 is 1.36. The predicted octanol–water partition coefficient (Wildman–Crippen LogP) is 2.40. The first kappa shape index (κ1) is 13.5. The van der Waals surface area contributed by atoms with E-state index in [2.05, 4.69) is 15.1 Å². The molecule has 0 fully saturated rings. The van der Waals surface area contributed by atoms with Gasteiger partial charge in [-0.15, -0.1) is 5.10 Å². The summed E-state index contributed by atoms with van der Waals surface area (Å²) in [7, 11) is 0. The van der Waals surface area contributed by atoms with Gasteiger partial charge in [-0.3, -0.25) is 4.79 Å². The Labute approximate surface area is 125 Å². The Morgan fingerprint density at radius 3 is 2.52 bits per heavy atom. The lowest BCUT2D eigenvalue weighted by Gasteiger charge is -2.06. The zero-order valence-electron chi connectivity index (χ0n) is 11.0. The Balaban J connectivity index is 1.95. The van der Waals surface area contributed by atoms with E-state index < -0.39 is 0 Å². The molecular weight excluding hydrogens is 288 g/mol. The zero-order valence-corrected chi connectivity index (χ0v) is 11.7. The van der Waals surface area contributed by atoms with E-state index in [-0.39, 0.29) is 5.56 Å². The number of halogens is 1. The SMILES string of the molecule is O=c1cnc(-c2ccccc2)nn1Cc1ccc(Cl)nc1. The van der Waals surface area contributed by atoms with Gasteiger partial charge < -0.3 is 0 Å². The van der Waals surface area contributed by atoms with Crippen molar-refractivity contribution in [1.29, 1.82) is 0 Å². The lowest BCUT2D eigenvalue weighted by atomic mass is 10.2. The van der Waals surface area contributed by atoms with Gasteiger partial charge in [0.15, 0.2) is 5.82 Å². The van der Waals surface area contributed by atoms with Crippen LogP contribution in [0.15, 0.2) is 59.7 Å². The second-order valence-electron chi connectivity index (χ2n) is 4.43. The Bertz CT molecular complexity index is 800. The van der Waals surface area contributed by atoms with Crippen molar-refractivity contribution in [1.82, 2.24) is 19.7 Å². The van der Waals surface area contributed by atoms with Crippen molar-refractivity contribution < 1.29 is 0 Å². The summed E-state index contributed by atoms with van der Waals surface area (Å²) in [6, 6.07) is 13.0. The second-order valence-corrected chi connectivity index (χ2v) is 4.82. The minimum atomic E-state index is -0.260. The van der Waals surface area contributed by atoms with E-state index >= 15 is 0 Å². The maximum absolute atomic E-state index is 11.9. The summed E-state index contributed by atoms with van der Waals surface area (Å²) in [5.74, 6) is 0.511. The lowest BCUT2D eigenvalue weighted by molar-refractivity contribution is 0.629. The van der Waals surface area contributed by atoms with Crippen LogP contribution in [0.25, 0.3) is 11.4 Å². The van der Waals surface area contributed by atoms with Gasteiger partial charge >= 0.3 is 0 Å². The van der Waals surface area contributed by atoms with E-state index in [1.165, 1.54) is 10.9 Å². The van der Waals surface area contributed by atoms with Crippen molar-refractivity contribution in [3.05, 3.63) is 75.9 Å². The van der Waals surface area contributed by atoms with E-state index in [4.69, 9.17) is 11.6 Å². The molecule has 0 aliphatic carbocycles. The minimum Gasteiger partial charge on any atom is -0.266 e. The van der Waals surface area contributed by atoms with Gasteiger partial charge in [0.1, 0.15) is 5.15 Å². The third-order valence-corrected chi connectivity index (χ3v) is 3.14. The summed E-state index contributed by atoms with van der Waals surface area (Å²) in [5.41, 5.74) is 1.45. The molecule has 3 rings (SSSR count). The second kappa shape index (κ2) is 5.85. The zero-order chi connectivity index (χ0) is 14.7. The van der Waals surface area contributed by atoms with Crippen molar-refractivity contribution in [3.63, 3.8) is 0 Å². The van der Waals surface area contributed by atoms with Gasteiger partial charge in [0.05, 0.1) is 12.7 Å². The van der Waals surface area contributed by atoms with E-state index in [1.807, 2.05) is 36.4 Å². The van der Waals surface area contributed by atoms with Crippen LogP contribution in [0.4, 0.5) is 0 Å². The Hall–Kier alpha value is -2.53. The fraction of sp³-hybridized carbons (Fsp3) is 0.0667. The average molecular weight is 299 g/mol. The van der Waals surface area contributed by atoms with Crippen LogP contribution in [0.1, 0.15) is 5.56 Å². The molecule has 2 heterocycles. The van der Waals surface area contributed by atoms with Crippen LogP contribution in [0.2, 0.25) is 5.15 Å². The molecule has 0 aliphatic rings. The highest BCUT2D eigenvalue weighted by Gasteiger charge is 2.05. The molecule has 0 saturated carbocycles. The van der Waals surface area contributed by atoms with Crippen LogP contribution in [0.3, 0.4) is 0 Å². The molecular formula is C15H11ClN4O. The molecule has 0 unspecified atom stereocenters. The number of pyridine rings is 1. The van der Waals surface area contributed by atoms with Gasteiger partial charge in [-0.2, -0.15) is 0 Å². The third-order valence-electron chi connectivity index (χ3n) is 2.92. The standard InChI is InChI=1S/C15H11ClN4O/c16-13-7-6-11(8-17-13)10-20-14(21)9-18-15(19-20)12-4-2-1-3-5-12/h1-9H,10H2. The van der Waals surface area contributed by atoms with Gasteiger partial charge in [0, 0.05) is 11.8 Å². The number of hydrogen-bond donors (Lipinski definition) is 0. The molecule has 2 aromatic heterocycles. The first-order valence-corrected chi connectivity index (χ1v) is 6.70. The number of benzene rings is 1. The molecule has 0 N–H and O–H groups in total. The number of aromatic nitrogens is 4. The molecule has 0 amide bonds. The van der Waals surface area contributed by atoms with Gasteiger partial charge in [0.2, 0.25) is 0 Å². The molecule has 1 aromatic carbocycles. The Morgan fingerprint density at radius 2 is 1.81 bits per heavy atom. The number of hydrogen-bond acceptors (Lipinski definition) is 4. The first-order valence-electron chi connectivity index (χ1n) is 6.32. The van der Waals surface area contributed by atoms with E-state index in [0.717, 1.165) is 11.1 Å². The molecule has 6 heteroatoms. The van der Waals surface area contributed by atoms with Crippen LogP contribution >= 0.6 is 11.6 Å². The maximum Gasteiger partial charge on any atom is 0.285 e. The third kappa shape index (κ3) is 3.14. The quantitative estimate of drug-likeness (QED) is 0.697. The van der Waals surface area contributed by atoms with Crippen LogP contribution < -0.4 is 5.56 Å². The van der Waals surface area contributed by atoms with E-state index in [1.54, 1.807) is 12.3 Å². The van der Waals surface area contributed by atoms with E-state index in [9.17, 15) is 4.79 Å². The summed E-state index contributed by atoms with van der Waals surface area (Å²) in [4.78, 5) is 19.9. The number of nitrogens with zero attached hydrogens (tertiary/aromatic N) is 4. The van der Waals surface area contributed by atoms with Crippen LogP contribution in [0.5, 0.6) is 0 Å². The monoisotopic (exact) mass is 298 g/mol. The molecule has 0 saturated heterocycles. The Morgan fingerprint density at radius 1 is 1.00 bits per heavy atom. The Kier molecular flexibility index (Phi) is 3.75. The molecule has 5 nitrogen and oxygen atoms in total. The highest BCUT2D eigenvalue weighted by molar-refractivity contribution is 6.29. The molecule has 0 radical (unpaired) electrons. The summed E-state index contributed by atoms with van der Waals surface area (Å²) in [6.45, 7) is 0.325. The van der Waals surface area contributed by atoms with Crippen molar-refractivity contribution in [2.75, 3.05) is 0 Å². The molecule has 21 heavy (non-hydrogen) atoms. The van der Waals surface area contributed by atoms with Crippen molar-refractivity contribution in [2.45, 2.75) is 6.54 Å². The highest BCUT2D eigenvalue weighted by atomic mass is 35.5. The largest absolute Gasteiger partial charge is 0.285 e. The van der Waals surface area contributed by atoms with Crippen molar-refractivity contribution in [2.24, 2.45) is 0 Å². The number of rotatable bonds is 3. The lowest BCUT2D eigenvalue weighted by Crippen LogP contribution is -2.24. The molecule has 104 valence electrons. The van der Waals surface area contributed by atoms with Crippen molar-refractivity contribution >= 4 is 11.6 Å². The topological polar surface area (TPSA) is 60.7 Å². The van der Waals surface area contributed by atoms with Gasteiger partial charge in [-0.05, 0) is 11.6 Å². The van der Waals surface area contributed by atoms with Crippen molar-refractivity contribution in [3.8, 4) is 11.4 Å². The molecule has 0 aliphatic heterocycles. The van der Waals surface area contributed by atoms with Crippen LogP contribution in [0, 0.1) is 0 Å². The van der Waals surface area contributed by atoms with E-state index in [0.29, 0.717) is 17.5 Å². The summed E-state index contributed by atoms with van der Waals surface area (Å²) in [5, 5.41) is 4.71. The predicted molar refractivity (Wildman–Crippen MR) is 80.1 cm³/mol. The normalized spacial score (nSPS) is 10.5. The fourth-order valence-electron chi connectivity index (χ4n) is 1.88. The summed E-state index contributed by atoms with van der Waals surface area (Å²) in [6.07, 6.45) is 2.90. The van der Waals surface area contributed by atoms with Crippen LogP contribution in [-0.2, 0) is 6.54 Å². The summed E-state index contributed by atoms with van der Waals surface area (Å²) >= 11 is 5.75.